The van der Waals surface area contributed by atoms with E-state index in [1.165, 1.54) is 0 Å². The zero-order chi connectivity index (χ0) is 10.6. The Morgan fingerprint density at radius 1 is 1.57 bits per heavy atom. The van der Waals surface area contributed by atoms with E-state index in [0.29, 0.717) is 12.3 Å². The number of hydrogen-bond donors (Lipinski definition) is 2. The molecule has 0 amide bonds. The lowest BCUT2D eigenvalue weighted by Gasteiger charge is -2.13. The van der Waals surface area contributed by atoms with Gasteiger partial charge in [0, 0.05) is 6.54 Å². The molecule has 1 aliphatic heterocycles. The van der Waals surface area contributed by atoms with Crippen LogP contribution >= 0.6 is 0 Å². The van der Waals surface area contributed by atoms with Crippen LogP contribution in [0.2, 0.25) is 0 Å². The van der Waals surface area contributed by atoms with Crippen LogP contribution in [0.5, 0.6) is 0 Å². The first-order valence-corrected chi connectivity index (χ1v) is 5.18. The summed E-state index contributed by atoms with van der Waals surface area (Å²) in [4.78, 5) is 10.6. The maximum atomic E-state index is 10.6. The number of hydrogen-bond acceptors (Lipinski definition) is 3. The molecule has 2 N–H and O–H groups in total. The highest BCUT2D eigenvalue weighted by molar-refractivity contribution is 5.72. The van der Waals surface area contributed by atoms with Crippen LogP contribution in [0.4, 0.5) is 0 Å². The fourth-order valence-corrected chi connectivity index (χ4v) is 1.57. The second-order valence-electron chi connectivity index (χ2n) is 4.21. The first-order chi connectivity index (χ1) is 6.59. The Labute approximate surface area is 84.6 Å². The van der Waals surface area contributed by atoms with E-state index in [0.717, 1.165) is 19.5 Å². The average Bonchev–Trinajstić information content (AvgIpc) is 2.52. The molecule has 0 radical (unpaired) electrons. The van der Waals surface area contributed by atoms with E-state index in [9.17, 15) is 4.79 Å². The Kier molecular flexibility index (Phi) is 4.35. The van der Waals surface area contributed by atoms with Gasteiger partial charge in [0.05, 0.1) is 6.10 Å². The van der Waals surface area contributed by atoms with Gasteiger partial charge in [-0.05, 0) is 25.3 Å². The van der Waals surface area contributed by atoms with E-state index in [4.69, 9.17) is 9.84 Å². The van der Waals surface area contributed by atoms with Crippen molar-refractivity contribution >= 4 is 5.97 Å². The van der Waals surface area contributed by atoms with Crippen LogP contribution in [0.15, 0.2) is 0 Å². The summed E-state index contributed by atoms with van der Waals surface area (Å²) in [5.41, 5.74) is 0. The third-order valence-corrected chi connectivity index (χ3v) is 2.31. The van der Waals surface area contributed by atoms with Crippen molar-refractivity contribution in [1.82, 2.24) is 5.32 Å². The van der Waals surface area contributed by atoms with Crippen LogP contribution < -0.4 is 5.32 Å². The number of aliphatic carboxylic acids is 1. The predicted molar refractivity (Wildman–Crippen MR) is 53.2 cm³/mol. The lowest BCUT2D eigenvalue weighted by molar-refractivity contribution is -0.149. The Bertz CT molecular complexity index is 194. The van der Waals surface area contributed by atoms with E-state index in [2.05, 4.69) is 19.2 Å². The fourth-order valence-electron chi connectivity index (χ4n) is 1.57. The molecule has 0 saturated carbocycles. The largest absolute Gasteiger partial charge is 0.479 e. The first kappa shape index (κ1) is 11.5. The number of carboxylic acid groups (broad SMARTS) is 1. The second kappa shape index (κ2) is 5.32. The minimum Gasteiger partial charge on any atom is -0.479 e. The van der Waals surface area contributed by atoms with Crippen LogP contribution in [-0.2, 0) is 9.53 Å². The van der Waals surface area contributed by atoms with Crippen molar-refractivity contribution in [3.63, 3.8) is 0 Å². The summed E-state index contributed by atoms with van der Waals surface area (Å²) in [5.74, 6) is -0.219. The van der Waals surface area contributed by atoms with Gasteiger partial charge < -0.3 is 15.2 Å². The van der Waals surface area contributed by atoms with Crippen molar-refractivity contribution in [3.8, 4) is 0 Å². The summed E-state index contributed by atoms with van der Waals surface area (Å²) in [6.45, 7) is 6.00. The molecule has 2 atom stereocenters. The third kappa shape index (κ3) is 3.64. The predicted octanol–water partition coefficient (Wildman–Crippen LogP) is 0.864. The van der Waals surface area contributed by atoms with E-state index in [1.54, 1.807) is 0 Å². The topological polar surface area (TPSA) is 58.6 Å². The molecule has 0 aromatic carbocycles. The molecule has 1 heterocycles. The van der Waals surface area contributed by atoms with Gasteiger partial charge in [0.15, 0.2) is 6.10 Å². The average molecular weight is 201 g/mol. The van der Waals surface area contributed by atoms with Gasteiger partial charge in [-0.2, -0.15) is 0 Å². The molecule has 0 aromatic rings. The molecule has 1 aliphatic rings. The van der Waals surface area contributed by atoms with Crippen molar-refractivity contribution in [2.45, 2.75) is 38.9 Å². The lowest BCUT2D eigenvalue weighted by Crippen LogP contribution is -2.31. The number of carbonyl (C=O) groups is 1. The van der Waals surface area contributed by atoms with Gasteiger partial charge in [0.25, 0.3) is 0 Å². The number of ether oxygens (including phenoxy) is 1. The van der Waals surface area contributed by atoms with Gasteiger partial charge in [0.1, 0.15) is 0 Å². The van der Waals surface area contributed by atoms with E-state index < -0.39 is 12.1 Å². The summed E-state index contributed by atoms with van der Waals surface area (Å²) in [7, 11) is 0. The van der Waals surface area contributed by atoms with Crippen LogP contribution in [0, 0.1) is 5.92 Å². The minimum atomic E-state index is -0.837. The third-order valence-electron chi connectivity index (χ3n) is 2.31. The number of nitrogens with one attached hydrogen (secondary N) is 1. The summed E-state index contributed by atoms with van der Waals surface area (Å²) >= 11 is 0. The van der Waals surface area contributed by atoms with Crippen LogP contribution in [0.1, 0.15) is 26.7 Å². The molecule has 2 unspecified atom stereocenters. The lowest BCUT2D eigenvalue weighted by atomic mass is 10.2. The molecule has 1 rings (SSSR count). The smallest absolute Gasteiger partial charge is 0.332 e. The van der Waals surface area contributed by atoms with Gasteiger partial charge >= 0.3 is 5.97 Å². The molecule has 82 valence electrons. The van der Waals surface area contributed by atoms with E-state index in [1.807, 2.05) is 0 Å². The standard InChI is InChI=1S/C10H19NO3/c1-7(2)5-11-6-8-3-4-9(14-8)10(12)13/h7-9,11H,3-6H2,1-2H3,(H,12,13). The highest BCUT2D eigenvalue weighted by Gasteiger charge is 2.29. The molecule has 14 heavy (non-hydrogen) atoms. The van der Waals surface area contributed by atoms with Gasteiger partial charge in [-0.25, -0.2) is 4.79 Å². The Morgan fingerprint density at radius 3 is 2.79 bits per heavy atom. The normalized spacial score (nSPS) is 27.1. The molecular weight excluding hydrogens is 182 g/mol. The molecule has 0 bridgehead atoms. The molecule has 1 fully saturated rings. The summed E-state index contributed by atoms with van der Waals surface area (Å²) in [6, 6.07) is 0. The fraction of sp³-hybridized carbons (Fsp3) is 0.900. The monoisotopic (exact) mass is 201 g/mol. The van der Waals surface area contributed by atoms with Gasteiger partial charge in [-0.1, -0.05) is 13.8 Å². The Morgan fingerprint density at radius 2 is 2.29 bits per heavy atom. The van der Waals surface area contributed by atoms with Crippen molar-refractivity contribution in [1.29, 1.82) is 0 Å². The zero-order valence-electron chi connectivity index (χ0n) is 8.82. The Balaban J connectivity index is 2.13. The quantitative estimate of drug-likeness (QED) is 0.692. The molecule has 0 aliphatic carbocycles. The number of rotatable bonds is 5. The summed E-state index contributed by atoms with van der Waals surface area (Å²) in [6.07, 6.45) is 0.988. The molecular formula is C10H19NO3. The second-order valence-corrected chi connectivity index (χ2v) is 4.21. The maximum Gasteiger partial charge on any atom is 0.332 e. The van der Waals surface area contributed by atoms with Crippen molar-refractivity contribution in [2.24, 2.45) is 5.92 Å². The van der Waals surface area contributed by atoms with Crippen molar-refractivity contribution in [3.05, 3.63) is 0 Å². The first-order valence-electron chi connectivity index (χ1n) is 5.18. The van der Waals surface area contributed by atoms with Crippen LogP contribution in [0.3, 0.4) is 0 Å². The maximum absolute atomic E-state index is 10.6. The molecule has 4 heteroatoms. The van der Waals surface area contributed by atoms with Crippen LogP contribution in [-0.4, -0.2) is 36.4 Å². The van der Waals surface area contributed by atoms with Crippen LogP contribution in [0.25, 0.3) is 0 Å². The highest BCUT2D eigenvalue weighted by Crippen LogP contribution is 2.19. The molecule has 4 nitrogen and oxygen atoms in total. The van der Waals surface area contributed by atoms with Crippen molar-refractivity contribution < 1.29 is 14.6 Å². The summed E-state index contributed by atoms with van der Waals surface area (Å²) < 4.78 is 5.34. The SMILES string of the molecule is CC(C)CNCC1CCC(C(=O)O)O1. The highest BCUT2D eigenvalue weighted by atomic mass is 16.5. The van der Waals surface area contributed by atoms with Crippen molar-refractivity contribution in [2.75, 3.05) is 13.1 Å². The molecule has 0 aromatic heterocycles. The molecule has 1 saturated heterocycles. The summed E-state index contributed by atoms with van der Waals surface area (Å²) in [5, 5.41) is 12.0. The number of carboxylic acids is 1. The van der Waals surface area contributed by atoms with Gasteiger partial charge in [-0.15, -0.1) is 0 Å². The molecule has 0 spiro atoms. The van der Waals surface area contributed by atoms with Gasteiger partial charge in [0.2, 0.25) is 0 Å². The van der Waals surface area contributed by atoms with E-state index >= 15 is 0 Å². The minimum absolute atomic E-state index is 0.0786. The zero-order valence-corrected chi connectivity index (χ0v) is 8.82. The Hall–Kier alpha value is -0.610. The van der Waals surface area contributed by atoms with Gasteiger partial charge in [-0.3, -0.25) is 0 Å². The van der Waals surface area contributed by atoms with E-state index in [-0.39, 0.29) is 6.10 Å².